The second-order valence-electron chi connectivity index (χ2n) is 5.18. The molecule has 3 heterocycles. The van der Waals surface area contributed by atoms with E-state index in [2.05, 4.69) is 15.8 Å². The van der Waals surface area contributed by atoms with E-state index in [1.165, 1.54) is 12.3 Å². The number of hydrogen-bond donors (Lipinski definition) is 3. The predicted molar refractivity (Wildman–Crippen MR) is 84.2 cm³/mol. The SMILES string of the molecule is Cc1cc(NC(=O)C(=O)NCC(O)c2ccc(-c3ccco3)o2)no1. The maximum Gasteiger partial charge on any atom is 0.314 e. The molecule has 9 nitrogen and oxygen atoms in total. The van der Waals surface area contributed by atoms with E-state index in [4.69, 9.17) is 13.4 Å². The number of hydrogen-bond acceptors (Lipinski definition) is 7. The number of carbonyl (C=O) groups excluding carboxylic acids is 2. The number of aliphatic hydroxyl groups excluding tert-OH is 1. The van der Waals surface area contributed by atoms with Crippen LogP contribution >= 0.6 is 0 Å². The van der Waals surface area contributed by atoms with E-state index in [1.54, 1.807) is 31.2 Å². The normalized spacial score (nSPS) is 11.9. The fourth-order valence-corrected chi connectivity index (χ4v) is 2.05. The third-order valence-electron chi connectivity index (χ3n) is 3.25. The molecule has 3 aromatic rings. The highest BCUT2D eigenvalue weighted by Gasteiger charge is 2.19. The molecule has 0 saturated carbocycles. The summed E-state index contributed by atoms with van der Waals surface area (Å²) in [5.74, 6) is -0.00843. The summed E-state index contributed by atoms with van der Waals surface area (Å²) in [5.41, 5.74) is 0. The van der Waals surface area contributed by atoms with Gasteiger partial charge in [-0.25, -0.2) is 0 Å². The molecule has 0 aliphatic carbocycles. The Morgan fingerprint density at radius 1 is 1.24 bits per heavy atom. The Hall–Kier alpha value is -3.33. The van der Waals surface area contributed by atoms with E-state index in [0.29, 0.717) is 17.3 Å². The molecule has 1 atom stereocenters. The van der Waals surface area contributed by atoms with Gasteiger partial charge in [0.25, 0.3) is 0 Å². The van der Waals surface area contributed by atoms with Crippen LogP contribution in [0.15, 0.2) is 50.0 Å². The van der Waals surface area contributed by atoms with Crippen molar-refractivity contribution >= 4 is 17.6 Å². The van der Waals surface area contributed by atoms with Crippen molar-refractivity contribution < 1.29 is 28.1 Å². The van der Waals surface area contributed by atoms with Gasteiger partial charge in [0.1, 0.15) is 17.6 Å². The van der Waals surface area contributed by atoms with Crippen LogP contribution in [0.5, 0.6) is 0 Å². The summed E-state index contributed by atoms with van der Waals surface area (Å²) < 4.78 is 15.4. The fourth-order valence-electron chi connectivity index (χ4n) is 2.05. The minimum Gasteiger partial charge on any atom is -0.461 e. The number of anilines is 1. The smallest absolute Gasteiger partial charge is 0.314 e. The van der Waals surface area contributed by atoms with Crippen molar-refractivity contribution in [1.29, 1.82) is 0 Å². The molecule has 0 spiro atoms. The molecule has 9 heteroatoms. The molecular weight excluding hydrogens is 330 g/mol. The van der Waals surface area contributed by atoms with Gasteiger partial charge in [0.15, 0.2) is 17.3 Å². The Morgan fingerprint density at radius 2 is 2.08 bits per heavy atom. The van der Waals surface area contributed by atoms with E-state index >= 15 is 0 Å². The highest BCUT2D eigenvalue weighted by molar-refractivity contribution is 6.39. The molecule has 1 unspecified atom stereocenters. The fraction of sp³-hybridized carbons (Fsp3) is 0.188. The van der Waals surface area contributed by atoms with Crippen LogP contribution in [0.3, 0.4) is 0 Å². The van der Waals surface area contributed by atoms with Crippen LogP contribution in [0, 0.1) is 6.92 Å². The zero-order chi connectivity index (χ0) is 17.8. The Bertz CT molecular complexity index is 864. The minimum atomic E-state index is -1.12. The summed E-state index contributed by atoms with van der Waals surface area (Å²) >= 11 is 0. The van der Waals surface area contributed by atoms with Crippen molar-refractivity contribution in [3.05, 3.63) is 48.1 Å². The molecule has 0 radical (unpaired) electrons. The van der Waals surface area contributed by atoms with Gasteiger partial charge < -0.3 is 23.8 Å². The molecule has 130 valence electrons. The van der Waals surface area contributed by atoms with Gasteiger partial charge in [-0.1, -0.05) is 5.16 Å². The van der Waals surface area contributed by atoms with Crippen LogP contribution in [-0.2, 0) is 9.59 Å². The Balaban J connectivity index is 1.52. The van der Waals surface area contributed by atoms with Gasteiger partial charge in [0.2, 0.25) is 0 Å². The third kappa shape index (κ3) is 3.96. The van der Waals surface area contributed by atoms with Gasteiger partial charge in [0, 0.05) is 6.07 Å². The zero-order valence-electron chi connectivity index (χ0n) is 13.2. The minimum absolute atomic E-state index is 0.132. The Kier molecular flexibility index (Phi) is 4.66. The van der Waals surface area contributed by atoms with Gasteiger partial charge in [-0.15, -0.1) is 0 Å². The lowest BCUT2D eigenvalue weighted by Crippen LogP contribution is -2.37. The van der Waals surface area contributed by atoms with Crippen LogP contribution in [0.1, 0.15) is 17.6 Å². The van der Waals surface area contributed by atoms with E-state index in [9.17, 15) is 14.7 Å². The molecular formula is C16H15N3O6. The monoisotopic (exact) mass is 345 g/mol. The second kappa shape index (κ2) is 7.05. The first kappa shape index (κ1) is 16.5. The van der Waals surface area contributed by atoms with Crippen LogP contribution in [-0.4, -0.2) is 28.6 Å². The molecule has 2 amide bonds. The van der Waals surface area contributed by atoms with Gasteiger partial charge in [-0.3, -0.25) is 14.9 Å². The summed E-state index contributed by atoms with van der Waals surface area (Å²) in [6.45, 7) is 1.45. The first-order chi connectivity index (χ1) is 12.0. The highest BCUT2D eigenvalue weighted by Crippen LogP contribution is 2.25. The average Bonchev–Trinajstić information content (AvgIpc) is 3.33. The summed E-state index contributed by atoms with van der Waals surface area (Å²) in [7, 11) is 0. The number of aromatic nitrogens is 1. The number of furan rings is 2. The lowest BCUT2D eigenvalue weighted by atomic mass is 10.2. The number of rotatable bonds is 5. The van der Waals surface area contributed by atoms with Crippen LogP contribution in [0.2, 0.25) is 0 Å². The molecule has 3 aromatic heterocycles. The summed E-state index contributed by atoms with van der Waals surface area (Å²) in [5, 5.41) is 18.2. The number of nitrogens with zero attached hydrogens (tertiary/aromatic N) is 1. The number of carbonyl (C=O) groups is 2. The molecule has 0 aliphatic rings. The molecule has 3 N–H and O–H groups in total. The highest BCUT2D eigenvalue weighted by atomic mass is 16.5. The number of nitrogens with one attached hydrogen (secondary N) is 2. The van der Waals surface area contributed by atoms with E-state index < -0.39 is 17.9 Å². The average molecular weight is 345 g/mol. The molecule has 25 heavy (non-hydrogen) atoms. The predicted octanol–water partition coefficient (Wildman–Crippen LogP) is 1.62. The van der Waals surface area contributed by atoms with Crippen molar-refractivity contribution in [2.24, 2.45) is 0 Å². The quantitative estimate of drug-likeness (QED) is 0.599. The molecule has 0 aliphatic heterocycles. The summed E-state index contributed by atoms with van der Waals surface area (Å²) in [4.78, 5) is 23.5. The van der Waals surface area contributed by atoms with Crippen molar-refractivity contribution in [1.82, 2.24) is 10.5 Å². The first-order valence-corrected chi connectivity index (χ1v) is 7.37. The van der Waals surface area contributed by atoms with Crippen molar-refractivity contribution in [3.8, 4) is 11.5 Å². The zero-order valence-corrected chi connectivity index (χ0v) is 13.2. The molecule has 0 bridgehead atoms. The molecule has 0 aromatic carbocycles. The van der Waals surface area contributed by atoms with Gasteiger partial charge in [0.05, 0.1) is 12.8 Å². The summed E-state index contributed by atoms with van der Waals surface area (Å²) in [6, 6.07) is 8.10. The number of aryl methyl sites for hydroxylation is 1. The standard InChI is InChI=1S/C16H15N3O6/c1-9-7-14(19-25-9)18-16(22)15(21)17-8-10(20)11-4-5-13(24-11)12-3-2-6-23-12/h2-7,10,20H,8H2,1H3,(H,17,21)(H,18,19,22). The van der Waals surface area contributed by atoms with Gasteiger partial charge >= 0.3 is 11.8 Å². The molecule has 0 fully saturated rings. The summed E-state index contributed by atoms with van der Waals surface area (Å²) in [6.07, 6.45) is 0.387. The molecule has 3 rings (SSSR count). The molecule has 0 saturated heterocycles. The van der Waals surface area contributed by atoms with E-state index in [-0.39, 0.29) is 18.1 Å². The number of amides is 2. The largest absolute Gasteiger partial charge is 0.461 e. The maximum absolute atomic E-state index is 11.7. The van der Waals surface area contributed by atoms with Crippen LogP contribution in [0.25, 0.3) is 11.5 Å². The lowest BCUT2D eigenvalue weighted by molar-refractivity contribution is -0.136. The lowest BCUT2D eigenvalue weighted by Gasteiger charge is -2.09. The number of aliphatic hydroxyl groups is 1. The Morgan fingerprint density at radius 3 is 2.76 bits per heavy atom. The van der Waals surface area contributed by atoms with Gasteiger partial charge in [-0.05, 0) is 31.2 Å². The first-order valence-electron chi connectivity index (χ1n) is 7.37. The Labute approximate surface area is 141 Å². The van der Waals surface area contributed by atoms with Crippen molar-refractivity contribution in [3.63, 3.8) is 0 Å². The van der Waals surface area contributed by atoms with Crippen molar-refractivity contribution in [2.75, 3.05) is 11.9 Å². The van der Waals surface area contributed by atoms with Gasteiger partial charge in [-0.2, -0.15) is 0 Å². The topological polar surface area (TPSA) is 131 Å². The second-order valence-corrected chi connectivity index (χ2v) is 5.18. The van der Waals surface area contributed by atoms with Crippen molar-refractivity contribution in [2.45, 2.75) is 13.0 Å². The maximum atomic E-state index is 11.7. The third-order valence-corrected chi connectivity index (χ3v) is 3.25. The van der Waals surface area contributed by atoms with E-state index in [1.807, 2.05) is 0 Å². The van der Waals surface area contributed by atoms with Crippen LogP contribution in [0.4, 0.5) is 5.82 Å². The van der Waals surface area contributed by atoms with E-state index in [0.717, 1.165) is 0 Å². The van der Waals surface area contributed by atoms with Crippen LogP contribution < -0.4 is 10.6 Å².